The van der Waals surface area contributed by atoms with Crippen LogP contribution in [0.1, 0.15) is 14.5 Å². The molecule has 0 saturated heterocycles. The van der Waals surface area contributed by atoms with Crippen LogP contribution in [0.3, 0.4) is 0 Å². The standard InChI is InChI=1S/C7H7NO3.ClH/c8-4-1-2-6(9)5(3-4)7(10)11;/h1-3,9H,8H2,(H,10,11);1H/i1D,2D,3D;. The van der Waals surface area contributed by atoms with Crippen molar-refractivity contribution in [3.63, 3.8) is 0 Å². The van der Waals surface area contributed by atoms with Crippen LogP contribution < -0.4 is 5.73 Å². The number of nitrogens with two attached hydrogens (primary N) is 1. The van der Waals surface area contributed by atoms with Crippen molar-refractivity contribution in [1.29, 1.82) is 0 Å². The summed E-state index contributed by atoms with van der Waals surface area (Å²) in [6, 6.07) is -1.87. The van der Waals surface area contributed by atoms with E-state index in [2.05, 4.69) is 0 Å². The Bertz CT molecular complexity index is 395. The van der Waals surface area contributed by atoms with Gasteiger partial charge >= 0.3 is 5.97 Å². The highest BCUT2D eigenvalue weighted by molar-refractivity contribution is 5.91. The Labute approximate surface area is 79.3 Å². The first kappa shape index (κ1) is 6.14. The Morgan fingerprint density at radius 2 is 2.17 bits per heavy atom. The quantitative estimate of drug-likeness (QED) is 0.460. The van der Waals surface area contributed by atoms with Gasteiger partial charge < -0.3 is 15.9 Å². The van der Waals surface area contributed by atoms with Crippen molar-refractivity contribution in [2.45, 2.75) is 0 Å². The van der Waals surface area contributed by atoms with Gasteiger partial charge in [0.25, 0.3) is 0 Å². The summed E-state index contributed by atoms with van der Waals surface area (Å²) in [5.74, 6) is -2.45. The van der Waals surface area contributed by atoms with Crippen molar-refractivity contribution in [1.82, 2.24) is 0 Å². The molecule has 4 N–H and O–H groups in total. The first-order chi connectivity index (χ1) is 6.37. The van der Waals surface area contributed by atoms with Crippen LogP contribution in [0.2, 0.25) is 0 Å². The second-order valence-electron chi connectivity index (χ2n) is 1.82. The van der Waals surface area contributed by atoms with E-state index in [-0.39, 0.29) is 12.4 Å². The number of phenols is 1. The fourth-order valence-electron chi connectivity index (χ4n) is 0.569. The summed E-state index contributed by atoms with van der Waals surface area (Å²) in [6.07, 6.45) is 0. The van der Waals surface area contributed by atoms with Gasteiger partial charge in [0.2, 0.25) is 0 Å². The highest BCUT2D eigenvalue weighted by Gasteiger charge is 2.08. The lowest BCUT2D eigenvalue weighted by atomic mass is 10.2. The van der Waals surface area contributed by atoms with Gasteiger partial charge in [-0.25, -0.2) is 4.79 Å². The number of benzene rings is 1. The molecule has 0 aromatic heterocycles. The number of rotatable bonds is 1. The van der Waals surface area contributed by atoms with Gasteiger partial charge in [0, 0.05) is 5.69 Å². The molecule has 66 valence electrons. The summed E-state index contributed by atoms with van der Waals surface area (Å²) in [7, 11) is 0. The van der Waals surface area contributed by atoms with E-state index >= 15 is 0 Å². The van der Waals surface area contributed by atoms with Gasteiger partial charge in [0.15, 0.2) is 0 Å². The zero-order valence-corrected chi connectivity index (χ0v) is 6.60. The summed E-state index contributed by atoms with van der Waals surface area (Å²) >= 11 is 0. The third-order valence-corrected chi connectivity index (χ3v) is 1.03. The minimum Gasteiger partial charge on any atom is -0.507 e. The van der Waals surface area contributed by atoms with Gasteiger partial charge in [-0.3, -0.25) is 0 Å². The maximum Gasteiger partial charge on any atom is 0.339 e. The monoisotopic (exact) mass is 192 g/mol. The van der Waals surface area contributed by atoms with Gasteiger partial charge in [0.05, 0.1) is 4.11 Å². The van der Waals surface area contributed by atoms with E-state index in [9.17, 15) is 9.90 Å². The third kappa shape index (κ3) is 2.03. The molecule has 1 aromatic carbocycles. The first-order valence-electron chi connectivity index (χ1n) is 4.19. The molecule has 0 aliphatic carbocycles. The normalized spacial score (nSPS) is 12.2. The summed E-state index contributed by atoms with van der Waals surface area (Å²) in [5, 5.41) is 17.8. The van der Waals surface area contributed by atoms with Crippen LogP contribution in [-0.4, -0.2) is 16.2 Å². The molecular weight excluding hydrogens is 182 g/mol. The molecule has 0 saturated carbocycles. The molecule has 0 atom stereocenters. The van der Waals surface area contributed by atoms with Crippen LogP contribution in [0.4, 0.5) is 5.69 Å². The Balaban J connectivity index is 0.00000196. The summed E-state index contributed by atoms with van der Waals surface area (Å²) in [5.41, 5.74) is 4.05. The molecule has 0 heterocycles. The van der Waals surface area contributed by atoms with Crippen molar-refractivity contribution >= 4 is 24.1 Å². The molecule has 1 rings (SSSR count). The molecule has 1 aromatic rings. The van der Waals surface area contributed by atoms with E-state index in [4.69, 9.17) is 15.0 Å². The topological polar surface area (TPSA) is 83.5 Å². The zero-order valence-electron chi connectivity index (χ0n) is 8.79. The third-order valence-electron chi connectivity index (χ3n) is 1.03. The first-order valence-corrected chi connectivity index (χ1v) is 2.69. The lowest BCUT2D eigenvalue weighted by molar-refractivity contribution is 0.0694. The molecule has 12 heavy (non-hydrogen) atoms. The van der Waals surface area contributed by atoms with Gasteiger partial charge in [-0.2, -0.15) is 0 Å². The fourth-order valence-corrected chi connectivity index (χ4v) is 0.569. The Kier molecular flexibility index (Phi) is 1.96. The van der Waals surface area contributed by atoms with Gasteiger partial charge in [0.1, 0.15) is 11.3 Å². The van der Waals surface area contributed by atoms with Crippen LogP contribution in [0.15, 0.2) is 18.1 Å². The minimum atomic E-state index is -1.55. The molecule has 0 aliphatic heterocycles. The van der Waals surface area contributed by atoms with E-state index in [0.717, 1.165) is 0 Å². The van der Waals surface area contributed by atoms with E-state index in [0.29, 0.717) is 0 Å². The number of carbonyl (C=O) groups is 1. The van der Waals surface area contributed by atoms with Gasteiger partial charge in [-0.05, 0) is 18.1 Å². The Morgan fingerprint density at radius 3 is 2.67 bits per heavy atom. The number of hydrogen-bond acceptors (Lipinski definition) is 3. The van der Waals surface area contributed by atoms with Crippen molar-refractivity contribution in [2.75, 3.05) is 5.73 Å². The van der Waals surface area contributed by atoms with E-state index in [1.807, 2.05) is 0 Å². The molecule has 0 fully saturated rings. The minimum absolute atomic E-state index is 0. The largest absolute Gasteiger partial charge is 0.507 e. The lowest BCUT2D eigenvalue weighted by Gasteiger charge is -1.98. The predicted molar refractivity (Wildman–Crippen MR) is 46.7 cm³/mol. The highest BCUT2D eigenvalue weighted by Crippen LogP contribution is 2.18. The predicted octanol–water partition coefficient (Wildman–Crippen LogP) is 1.09. The number of aromatic carboxylic acids is 1. The molecule has 0 unspecified atom stereocenters. The number of carboxylic acid groups (broad SMARTS) is 1. The lowest BCUT2D eigenvalue weighted by Crippen LogP contribution is -1.97. The fraction of sp³-hybridized carbons (Fsp3) is 0. The number of halogens is 1. The molecule has 0 aliphatic rings. The molecule has 5 heteroatoms. The number of carboxylic acids is 1. The van der Waals surface area contributed by atoms with Crippen molar-refractivity contribution < 1.29 is 19.1 Å². The molecule has 0 spiro atoms. The van der Waals surface area contributed by atoms with Crippen molar-refractivity contribution in [3.8, 4) is 5.75 Å². The summed E-state index contributed by atoms with van der Waals surface area (Å²) < 4.78 is 21.6. The number of nitrogen functional groups attached to an aromatic ring is 1. The average Bonchev–Trinajstić information content (AvgIpc) is 2.11. The van der Waals surface area contributed by atoms with Crippen molar-refractivity contribution in [3.05, 3.63) is 23.7 Å². The molecule has 0 radical (unpaired) electrons. The number of hydrogen-bond donors (Lipinski definition) is 3. The average molecular weight is 193 g/mol. The highest BCUT2D eigenvalue weighted by atomic mass is 35.5. The van der Waals surface area contributed by atoms with E-state index < -0.39 is 41.1 Å². The second-order valence-corrected chi connectivity index (χ2v) is 1.82. The smallest absolute Gasteiger partial charge is 0.339 e. The van der Waals surface area contributed by atoms with Crippen LogP contribution in [0.25, 0.3) is 0 Å². The maximum atomic E-state index is 10.6. The maximum absolute atomic E-state index is 10.6. The van der Waals surface area contributed by atoms with E-state index in [1.165, 1.54) is 0 Å². The van der Waals surface area contributed by atoms with Gasteiger partial charge in [-0.15, -0.1) is 12.4 Å². The Hall–Kier alpha value is -1.42. The van der Waals surface area contributed by atoms with Crippen molar-refractivity contribution in [2.24, 2.45) is 0 Å². The number of aromatic hydroxyl groups is 1. The molecule has 0 amide bonds. The zero-order chi connectivity index (χ0) is 11.0. The second kappa shape index (κ2) is 3.82. The van der Waals surface area contributed by atoms with Crippen LogP contribution in [-0.2, 0) is 0 Å². The molecular formula is C7H8ClNO3. The summed E-state index contributed by atoms with van der Waals surface area (Å²) in [6.45, 7) is 0. The summed E-state index contributed by atoms with van der Waals surface area (Å²) in [4.78, 5) is 10.6. The molecule has 0 bridgehead atoms. The van der Waals surface area contributed by atoms with E-state index in [1.54, 1.807) is 0 Å². The molecule has 4 nitrogen and oxygen atoms in total. The number of anilines is 1. The van der Waals surface area contributed by atoms with Crippen LogP contribution in [0, 0.1) is 0 Å². The Morgan fingerprint density at radius 1 is 1.58 bits per heavy atom. The van der Waals surface area contributed by atoms with Crippen LogP contribution in [0.5, 0.6) is 5.75 Å². The SMILES string of the molecule is Cl.[2H]c1c([2H])c(O)c(C(=O)O)c([2H])c1N. The van der Waals surface area contributed by atoms with Gasteiger partial charge in [-0.1, -0.05) is 0 Å². The van der Waals surface area contributed by atoms with Crippen LogP contribution >= 0.6 is 12.4 Å².